The molecule has 31 heavy (non-hydrogen) atoms. The van der Waals surface area contributed by atoms with Gasteiger partial charge >= 0.3 is 0 Å². The highest BCUT2D eigenvalue weighted by molar-refractivity contribution is 7.92. The Morgan fingerprint density at radius 1 is 1.39 bits per heavy atom. The van der Waals surface area contributed by atoms with Crippen molar-refractivity contribution >= 4 is 21.5 Å². The van der Waals surface area contributed by atoms with Crippen LogP contribution in [0.3, 0.4) is 0 Å². The number of carbonyl (C=O) groups excluding carboxylic acids is 1. The molecule has 0 aliphatic carbocycles. The van der Waals surface area contributed by atoms with Crippen molar-refractivity contribution in [2.45, 2.75) is 56.7 Å². The molecule has 3 unspecified atom stereocenters. The average molecular weight is 450 g/mol. The molecule has 0 N–H and O–H groups in total. The van der Waals surface area contributed by atoms with Crippen LogP contribution in [0.5, 0.6) is 0 Å². The predicted molar refractivity (Wildman–Crippen MR) is 114 cm³/mol. The van der Waals surface area contributed by atoms with E-state index in [0.29, 0.717) is 30.9 Å². The fraction of sp³-hybridized carbons (Fsp3) is 0.571. The van der Waals surface area contributed by atoms with Crippen molar-refractivity contribution in [2.75, 3.05) is 19.9 Å². The summed E-state index contributed by atoms with van der Waals surface area (Å²) in [6, 6.07) is 3.62. The van der Waals surface area contributed by atoms with Crippen LogP contribution in [-0.2, 0) is 29.0 Å². The van der Waals surface area contributed by atoms with E-state index < -0.39 is 33.4 Å². The van der Waals surface area contributed by atoms with Gasteiger partial charge in [0.15, 0.2) is 16.1 Å². The van der Waals surface area contributed by atoms with E-state index in [2.05, 4.69) is 22.0 Å². The van der Waals surface area contributed by atoms with Gasteiger partial charge in [0.05, 0.1) is 5.69 Å². The summed E-state index contributed by atoms with van der Waals surface area (Å²) in [7, 11) is -2.30. The topological polar surface area (TPSA) is 107 Å². The highest BCUT2D eigenvalue weighted by Gasteiger charge is 2.38. The van der Waals surface area contributed by atoms with Crippen molar-refractivity contribution < 1.29 is 27.6 Å². The van der Waals surface area contributed by atoms with Crippen LogP contribution in [0, 0.1) is 11.8 Å². The molecular weight excluding hydrogens is 422 g/mol. The minimum Gasteiger partial charge on any atom is -0.392 e. The molecule has 3 rings (SSSR count). The highest BCUT2D eigenvalue weighted by atomic mass is 32.2. The van der Waals surface area contributed by atoms with Crippen molar-refractivity contribution in [1.82, 2.24) is 10.0 Å². The number of amides is 1. The van der Waals surface area contributed by atoms with Gasteiger partial charge in [-0.15, -0.1) is 5.92 Å². The van der Waals surface area contributed by atoms with Crippen LogP contribution >= 0.6 is 0 Å². The molecule has 2 aliphatic rings. The highest BCUT2D eigenvalue weighted by Crippen LogP contribution is 2.23. The summed E-state index contributed by atoms with van der Waals surface area (Å²) in [4.78, 5) is 28.1. The van der Waals surface area contributed by atoms with Crippen LogP contribution in [0.15, 0.2) is 23.5 Å². The first-order valence-electron chi connectivity index (χ1n) is 10.1. The Balaban J connectivity index is 1.62. The molecule has 3 heterocycles. The Kier molecular flexibility index (Phi) is 7.64. The summed E-state index contributed by atoms with van der Waals surface area (Å²) in [5.41, 5.74) is 2.01. The molecule has 0 radical (unpaired) electrons. The first-order valence-corrected chi connectivity index (χ1v) is 12.1. The Labute approximate surface area is 182 Å². The largest absolute Gasteiger partial charge is 0.392 e. The Bertz CT molecular complexity index is 975. The minimum absolute atomic E-state index is 0.0384. The van der Waals surface area contributed by atoms with Crippen LogP contribution in [0.2, 0.25) is 0 Å². The minimum atomic E-state index is -3.71. The number of hydroxylamine groups is 2. The Morgan fingerprint density at radius 3 is 2.81 bits per heavy atom. The van der Waals surface area contributed by atoms with E-state index in [1.54, 1.807) is 19.2 Å². The molecule has 0 saturated carbocycles. The zero-order chi connectivity index (χ0) is 22.4. The second kappa shape index (κ2) is 10.2. The molecule has 168 valence electrons. The summed E-state index contributed by atoms with van der Waals surface area (Å²) in [5, 5.41) is 3.70. The van der Waals surface area contributed by atoms with E-state index in [-0.39, 0.29) is 6.42 Å². The van der Waals surface area contributed by atoms with Gasteiger partial charge in [0, 0.05) is 50.9 Å². The number of pyridine rings is 1. The molecule has 10 heteroatoms. The summed E-state index contributed by atoms with van der Waals surface area (Å²) in [6.45, 7) is 2.30. The van der Waals surface area contributed by atoms with Crippen LogP contribution in [0.25, 0.3) is 0 Å². The van der Waals surface area contributed by atoms with Crippen molar-refractivity contribution in [3.63, 3.8) is 0 Å². The van der Waals surface area contributed by atoms with Gasteiger partial charge < -0.3 is 9.57 Å². The molecule has 1 fully saturated rings. The fourth-order valence-electron chi connectivity index (χ4n) is 3.41. The lowest BCUT2D eigenvalue weighted by molar-refractivity contribution is -0.271. The van der Waals surface area contributed by atoms with Gasteiger partial charge in [-0.05, 0) is 31.9 Å². The molecule has 1 aromatic rings. The third kappa shape index (κ3) is 6.26. The fourth-order valence-corrected chi connectivity index (χ4v) is 4.49. The van der Waals surface area contributed by atoms with Crippen LogP contribution in [0.4, 0.5) is 0 Å². The van der Waals surface area contributed by atoms with Gasteiger partial charge in [0.25, 0.3) is 5.91 Å². The van der Waals surface area contributed by atoms with Gasteiger partial charge in [0.1, 0.15) is 17.1 Å². The number of aromatic nitrogens is 1. The van der Waals surface area contributed by atoms with Crippen molar-refractivity contribution in [2.24, 2.45) is 5.16 Å². The van der Waals surface area contributed by atoms with E-state index in [1.165, 1.54) is 7.05 Å². The quantitative estimate of drug-likeness (QED) is 0.460. The van der Waals surface area contributed by atoms with Gasteiger partial charge in [-0.1, -0.05) is 11.1 Å². The lowest BCUT2D eigenvalue weighted by atomic mass is 10.0. The molecule has 0 bridgehead atoms. The first-order chi connectivity index (χ1) is 14.8. The smallest absolute Gasteiger partial charge is 0.264 e. The van der Waals surface area contributed by atoms with E-state index >= 15 is 0 Å². The molecular formula is C21H27N3O6S. The number of ether oxygens (including phenoxy) is 1. The lowest BCUT2D eigenvalue weighted by Gasteiger charge is -2.29. The standard InChI is InChI=1S/C21H27N3O6S/c1-4-7-15-9-10-17(22-14-15)18-12-16(29-23-18)13-19(31(3,26)27)21(25)24(2)30-20-8-5-6-11-28-20/h9-10,14,16,19-20H,5-6,8,11-13H2,1-3H3. The summed E-state index contributed by atoms with van der Waals surface area (Å²) in [5.74, 6) is 5.06. The normalized spacial score (nSPS) is 22.0. The van der Waals surface area contributed by atoms with E-state index in [0.717, 1.165) is 29.7 Å². The average Bonchev–Trinajstić information content (AvgIpc) is 3.21. The van der Waals surface area contributed by atoms with Gasteiger partial charge in [0.2, 0.25) is 0 Å². The number of rotatable bonds is 7. The molecule has 0 spiro atoms. The zero-order valence-electron chi connectivity index (χ0n) is 17.9. The molecule has 1 amide bonds. The van der Waals surface area contributed by atoms with E-state index in [1.807, 2.05) is 6.07 Å². The van der Waals surface area contributed by atoms with Gasteiger partial charge in [-0.2, -0.15) is 0 Å². The van der Waals surface area contributed by atoms with Gasteiger partial charge in [-0.3, -0.25) is 9.78 Å². The summed E-state index contributed by atoms with van der Waals surface area (Å²) >= 11 is 0. The lowest BCUT2D eigenvalue weighted by Crippen LogP contribution is -2.44. The third-order valence-corrected chi connectivity index (χ3v) is 6.48. The number of hydrogen-bond donors (Lipinski definition) is 0. The molecule has 2 aliphatic heterocycles. The SMILES string of the molecule is CC#Cc1ccc(C2=NOC(CC(C(=O)N(C)OC3CCCCO3)S(C)(=O)=O)C2)nc1. The maximum Gasteiger partial charge on any atom is 0.264 e. The summed E-state index contributed by atoms with van der Waals surface area (Å²) in [6.07, 6.45) is 4.40. The third-order valence-electron chi connectivity index (χ3n) is 5.05. The zero-order valence-corrected chi connectivity index (χ0v) is 18.7. The molecule has 9 nitrogen and oxygen atoms in total. The molecule has 3 atom stereocenters. The number of sulfone groups is 1. The maximum atomic E-state index is 12.8. The maximum absolute atomic E-state index is 12.8. The predicted octanol–water partition coefficient (Wildman–Crippen LogP) is 1.67. The number of oxime groups is 1. The van der Waals surface area contributed by atoms with Crippen molar-refractivity contribution in [3.05, 3.63) is 29.6 Å². The Morgan fingerprint density at radius 2 is 2.19 bits per heavy atom. The van der Waals surface area contributed by atoms with E-state index in [9.17, 15) is 13.2 Å². The molecule has 0 aromatic carbocycles. The molecule has 1 saturated heterocycles. The van der Waals surface area contributed by atoms with Crippen molar-refractivity contribution in [3.8, 4) is 11.8 Å². The second-order valence-corrected chi connectivity index (χ2v) is 9.80. The Hall–Kier alpha value is -2.48. The van der Waals surface area contributed by atoms with Crippen LogP contribution in [-0.4, -0.2) is 67.6 Å². The van der Waals surface area contributed by atoms with Gasteiger partial charge in [-0.25, -0.2) is 18.3 Å². The molecule has 1 aromatic heterocycles. The van der Waals surface area contributed by atoms with Crippen LogP contribution < -0.4 is 0 Å². The number of nitrogens with zero attached hydrogens (tertiary/aromatic N) is 3. The first kappa shape index (κ1) is 23.2. The van der Waals surface area contributed by atoms with E-state index in [4.69, 9.17) is 14.4 Å². The van der Waals surface area contributed by atoms with Crippen molar-refractivity contribution in [1.29, 1.82) is 0 Å². The second-order valence-electron chi connectivity index (χ2n) is 7.57. The summed E-state index contributed by atoms with van der Waals surface area (Å²) < 4.78 is 30.2. The monoisotopic (exact) mass is 449 g/mol. The van der Waals surface area contributed by atoms with Crippen LogP contribution in [0.1, 0.15) is 50.3 Å². The number of carbonyl (C=O) groups is 1. The number of hydrogen-bond acceptors (Lipinski definition) is 8.